The van der Waals surface area contributed by atoms with Crippen molar-refractivity contribution in [2.45, 2.75) is 0 Å². The predicted octanol–water partition coefficient (Wildman–Crippen LogP) is 0.759. The molecule has 70 valence electrons. The van der Waals surface area contributed by atoms with Crippen LogP contribution in [0.2, 0.25) is 0 Å². The Bertz CT molecular complexity index is 159. The first-order valence-electron chi connectivity index (χ1n) is 3.74. The van der Waals surface area contributed by atoms with Gasteiger partial charge in [0.1, 0.15) is 0 Å². The molecule has 0 aromatic heterocycles. The van der Waals surface area contributed by atoms with Crippen LogP contribution in [0.15, 0.2) is 12.7 Å². The van der Waals surface area contributed by atoms with Crippen LogP contribution in [-0.4, -0.2) is 48.9 Å². The Morgan fingerprint density at radius 3 is 2.42 bits per heavy atom. The molecule has 0 spiro atoms. The van der Waals surface area contributed by atoms with Crippen LogP contribution in [0.3, 0.4) is 0 Å². The van der Waals surface area contributed by atoms with Gasteiger partial charge in [-0.3, -0.25) is 4.79 Å². The molecule has 0 aliphatic carbocycles. The highest BCUT2D eigenvalue weighted by atomic mass is 35.5. The zero-order valence-corrected chi connectivity index (χ0v) is 8.34. The fourth-order valence-electron chi connectivity index (χ4n) is 0.679. The summed E-state index contributed by atoms with van der Waals surface area (Å²) in [6.45, 7) is 4.85. The zero-order valence-electron chi connectivity index (χ0n) is 7.59. The van der Waals surface area contributed by atoms with Gasteiger partial charge in [-0.1, -0.05) is 6.58 Å². The van der Waals surface area contributed by atoms with Crippen molar-refractivity contribution in [1.82, 2.24) is 9.80 Å². The second-order valence-corrected chi connectivity index (χ2v) is 2.97. The van der Waals surface area contributed by atoms with Gasteiger partial charge >= 0.3 is 0 Å². The summed E-state index contributed by atoms with van der Waals surface area (Å²) in [5, 5.41) is 0. The Kier molecular flexibility index (Phi) is 5.76. The molecule has 0 bridgehead atoms. The molecule has 0 N–H and O–H groups in total. The standard InChI is InChI=1S/C8H15ClN2O/c1-4-8(12)11(7-9)6-5-10(2)3/h4H,1,5-7H2,2-3H3. The van der Waals surface area contributed by atoms with Crippen LogP contribution in [0.1, 0.15) is 0 Å². The summed E-state index contributed by atoms with van der Waals surface area (Å²) >= 11 is 5.56. The largest absolute Gasteiger partial charge is 0.324 e. The van der Waals surface area contributed by atoms with E-state index in [4.69, 9.17) is 11.6 Å². The fraction of sp³-hybridized carbons (Fsp3) is 0.625. The fourth-order valence-corrected chi connectivity index (χ4v) is 0.916. The first kappa shape index (κ1) is 11.5. The van der Waals surface area contributed by atoms with E-state index in [-0.39, 0.29) is 11.9 Å². The van der Waals surface area contributed by atoms with Gasteiger partial charge in [-0.25, -0.2) is 0 Å². The number of hydrogen-bond acceptors (Lipinski definition) is 2. The molecule has 0 saturated heterocycles. The van der Waals surface area contributed by atoms with Gasteiger partial charge in [0, 0.05) is 13.1 Å². The number of carbonyl (C=O) groups is 1. The van der Waals surface area contributed by atoms with Crippen molar-refractivity contribution in [3.63, 3.8) is 0 Å². The van der Waals surface area contributed by atoms with Crippen molar-refractivity contribution in [3.8, 4) is 0 Å². The third-order valence-corrected chi connectivity index (χ3v) is 1.74. The number of likely N-dealkylation sites (N-methyl/N-ethyl adjacent to an activating group) is 1. The van der Waals surface area contributed by atoms with Crippen LogP contribution in [0.5, 0.6) is 0 Å². The van der Waals surface area contributed by atoms with Crippen LogP contribution in [-0.2, 0) is 4.79 Å². The summed E-state index contributed by atoms with van der Waals surface area (Å²) < 4.78 is 0. The lowest BCUT2D eigenvalue weighted by Gasteiger charge is -2.19. The minimum atomic E-state index is -0.119. The zero-order chi connectivity index (χ0) is 9.56. The molecule has 0 aliphatic rings. The van der Waals surface area contributed by atoms with E-state index in [1.165, 1.54) is 11.0 Å². The van der Waals surface area contributed by atoms with E-state index in [0.717, 1.165) is 6.54 Å². The van der Waals surface area contributed by atoms with Crippen LogP contribution >= 0.6 is 11.6 Å². The molecule has 0 fully saturated rings. The van der Waals surface area contributed by atoms with Crippen LogP contribution < -0.4 is 0 Å². The van der Waals surface area contributed by atoms with Gasteiger partial charge in [-0.05, 0) is 20.2 Å². The second-order valence-electron chi connectivity index (χ2n) is 2.73. The summed E-state index contributed by atoms with van der Waals surface area (Å²) in [6, 6.07) is 0.221. The molecule has 4 heteroatoms. The first-order chi connectivity index (χ1) is 5.61. The minimum Gasteiger partial charge on any atom is -0.324 e. The van der Waals surface area contributed by atoms with Crippen LogP contribution in [0.4, 0.5) is 0 Å². The van der Waals surface area contributed by atoms with Crippen molar-refractivity contribution < 1.29 is 4.79 Å². The third kappa shape index (κ3) is 4.36. The van der Waals surface area contributed by atoms with E-state index in [2.05, 4.69) is 6.58 Å². The number of alkyl halides is 1. The summed E-state index contributed by atoms with van der Waals surface area (Å²) in [5.74, 6) is -0.119. The third-order valence-electron chi connectivity index (χ3n) is 1.45. The molecule has 0 atom stereocenters. The van der Waals surface area contributed by atoms with Gasteiger partial charge in [0.2, 0.25) is 5.91 Å². The normalized spacial score (nSPS) is 10.0. The number of nitrogens with zero attached hydrogens (tertiary/aromatic N) is 2. The monoisotopic (exact) mass is 190 g/mol. The average Bonchev–Trinajstić information content (AvgIpc) is 2.04. The molecular formula is C8H15ClN2O. The molecular weight excluding hydrogens is 176 g/mol. The molecule has 0 aliphatic heterocycles. The van der Waals surface area contributed by atoms with E-state index >= 15 is 0 Å². The molecule has 1 amide bonds. The molecule has 3 nitrogen and oxygen atoms in total. The lowest BCUT2D eigenvalue weighted by molar-refractivity contribution is -0.125. The van der Waals surface area contributed by atoms with E-state index in [1.807, 2.05) is 19.0 Å². The summed E-state index contributed by atoms with van der Waals surface area (Å²) in [6.07, 6.45) is 1.28. The van der Waals surface area contributed by atoms with Gasteiger partial charge in [0.15, 0.2) is 0 Å². The van der Waals surface area contributed by atoms with Crippen molar-refractivity contribution in [2.75, 3.05) is 33.2 Å². The minimum absolute atomic E-state index is 0.119. The number of amides is 1. The molecule has 0 saturated carbocycles. The lowest BCUT2D eigenvalue weighted by atomic mass is 10.4. The molecule has 0 aromatic carbocycles. The van der Waals surface area contributed by atoms with Crippen molar-refractivity contribution in [2.24, 2.45) is 0 Å². The van der Waals surface area contributed by atoms with Crippen LogP contribution in [0, 0.1) is 0 Å². The van der Waals surface area contributed by atoms with Gasteiger partial charge < -0.3 is 9.80 Å². The Labute approximate surface area is 78.6 Å². The maximum absolute atomic E-state index is 11.1. The maximum Gasteiger partial charge on any atom is 0.246 e. The molecule has 0 aromatic rings. The Balaban J connectivity index is 3.83. The highest BCUT2D eigenvalue weighted by Gasteiger charge is 2.07. The Hall–Kier alpha value is -0.540. The number of halogens is 1. The molecule has 0 heterocycles. The van der Waals surface area contributed by atoms with E-state index in [1.54, 1.807) is 0 Å². The average molecular weight is 191 g/mol. The van der Waals surface area contributed by atoms with Crippen molar-refractivity contribution >= 4 is 17.5 Å². The summed E-state index contributed by atoms with van der Waals surface area (Å²) in [4.78, 5) is 14.6. The number of carbonyl (C=O) groups excluding carboxylic acids is 1. The van der Waals surface area contributed by atoms with Gasteiger partial charge in [-0.15, -0.1) is 11.6 Å². The smallest absolute Gasteiger partial charge is 0.246 e. The van der Waals surface area contributed by atoms with Gasteiger partial charge in [-0.2, -0.15) is 0 Å². The Morgan fingerprint density at radius 2 is 2.08 bits per heavy atom. The molecule has 0 unspecified atom stereocenters. The van der Waals surface area contributed by atoms with Crippen molar-refractivity contribution in [1.29, 1.82) is 0 Å². The first-order valence-corrected chi connectivity index (χ1v) is 4.27. The second kappa shape index (κ2) is 6.03. The van der Waals surface area contributed by atoms with Gasteiger partial charge in [0.25, 0.3) is 0 Å². The highest BCUT2D eigenvalue weighted by Crippen LogP contribution is 1.93. The molecule has 0 rings (SSSR count). The van der Waals surface area contributed by atoms with E-state index in [0.29, 0.717) is 6.54 Å². The number of rotatable bonds is 5. The number of hydrogen-bond donors (Lipinski definition) is 0. The molecule has 0 radical (unpaired) electrons. The summed E-state index contributed by atoms with van der Waals surface area (Å²) in [7, 11) is 3.90. The SMILES string of the molecule is C=CC(=O)N(CCl)CCN(C)C. The molecule has 12 heavy (non-hydrogen) atoms. The van der Waals surface area contributed by atoms with Gasteiger partial charge in [0.05, 0.1) is 6.00 Å². The van der Waals surface area contributed by atoms with Crippen molar-refractivity contribution in [3.05, 3.63) is 12.7 Å². The quantitative estimate of drug-likeness (QED) is 0.363. The van der Waals surface area contributed by atoms with Crippen LogP contribution in [0.25, 0.3) is 0 Å². The maximum atomic E-state index is 11.1. The topological polar surface area (TPSA) is 23.6 Å². The lowest BCUT2D eigenvalue weighted by Crippen LogP contribution is -2.34. The van der Waals surface area contributed by atoms with E-state index < -0.39 is 0 Å². The summed E-state index contributed by atoms with van der Waals surface area (Å²) in [5.41, 5.74) is 0. The highest BCUT2D eigenvalue weighted by molar-refractivity contribution is 6.18. The predicted molar refractivity (Wildman–Crippen MR) is 51.2 cm³/mol. The van der Waals surface area contributed by atoms with E-state index in [9.17, 15) is 4.79 Å². The Morgan fingerprint density at radius 1 is 1.50 bits per heavy atom.